The number of benzene rings is 1. The van der Waals surface area contributed by atoms with Gasteiger partial charge in [0.15, 0.2) is 5.82 Å². The Bertz CT molecular complexity index is 1340. The van der Waals surface area contributed by atoms with Gasteiger partial charge in [0.25, 0.3) is 0 Å². The lowest BCUT2D eigenvalue weighted by Crippen LogP contribution is -2.36. The average molecular weight is 489 g/mol. The van der Waals surface area contributed by atoms with Crippen LogP contribution in [0.25, 0.3) is 28.0 Å². The Morgan fingerprint density at radius 3 is 2.61 bits per heavy atom. The second kappa shape index (κ2) is 9.96. The van der Waals surface area contributed by atoms with Crippen LogP contribution in [0.1, 0.15) is 37.3 Å². The van der Waals surface area contributed by atoms with Crippen LogP contribution in [-0.4, -0.2) is 74.0 Å². The number of ether oxygens (including phenoxy) is 2. The fourth-order valence-electron chi connectivity index (χ4n) is 5.48. The molecule has 0 amide bonds. The number of aromatic nitrogens is 6. The highest BCUT2D eigenvalue weighted by Gasteiger charge is 2.25. The number of nitrogens with two attached hydrogens (primary N) is 1. The van der Waals surface area contributed by atoms with Gasteiger partial charge in [-0.3, -0.25) is 4.90 Å². The number of anilines is 1. The van der Waals surface area contributed by atoms with E-state index >= 15 is 0 Å². The standard InChI is InChI=1S/C26H32N8O2/c1-32(20-5-9-35-10-6-20)16-18-3-2-4-19(13-18)23-14-22(25-26(27)28-17-30-34(23)25)24-15-29-31-33(24)21-7-11-36-12-8-21/h2-4,13-15,17,20-21H,5-12,16H2,1H3,(H2,27,28,30). The summed E-state index contributed by atoms with van der Waals surface area (Å²) in [6.45, 7) is 4.02. The van der Waals surface area contributed by atoms with E-state index < -0.39 is 0 Å². The third-order valence-electron chi connectivity index (χ3n) is 7.44. The first kappa shape index (κ1) is 23.1. The minimum atomic E-state index is 0.240. The van der Waals surface area contributed by atoms with E-state index in [1.54, 1.807) is 6.20 Å². The van der Waals surface area contributed by atoms with Crippen LogP contribution in [0.4, 0.5) is 5.82 Å². The first-order valence-corrected chi connectivity index (χ1v) is 12.7. The van der Waals surface area contributed by atoms with Crippen LogP contribution in [-0.2, 0) is 16.0 Å². The molecule has 4 aromatic rings. The van der Waals surface area contributed by atoms with Crippen molar-refractivity contribution in [3.8, 4) is 22.5 Å². The quantitative estimate of drug-likeness (QED) is 0.441. The van der Waals surface area contributed by atoms with Crippen molar-refractivity contribution in [3.63, 3.8) is 0 Å². The molecule has 2 saturated heterocycles. The van der Waals surface area contributed by atoms with Gasteiger partial charge >= 0.3 is 0 Å². The molecule has 2 aliphatic heterocycles. The fourth-order valence-corrected chi connectivity index (χ4v) is 5.48. The molecular weight excluding hydrogens is 456 g/mol. The zero-order chi connectivity index (χ0) is 24.5. The highest BCUT2D eigenvalue weighted by atomic mass is 16.5. The minimum absolute atomic E-state index is 0.240. The maximum Gasteiger partial charge on any atom is 0.152 e. The van der Waals surface area contributed by atoms with Gasteiger partial charge in [0.1, 0.15) is 11.8 Å². The van der Waals surface area contributed by atoms with Gasteiger partial charge in [-0.25, -0.2) is 14.2 Å². The predicted octanol–water partition coefficient (Wildman–Crippen LogP) is 3.20. The van der Waals surface area contributed by atoms with Crippen molar-refractivity contribution in [2.75, 3.05) is 39.2 Å². The second-order valence-electron chi connectivity index (χ2n) is 9.72. The molecule has 10 heteroatoms. The van der Waals surface area contributed by atoms with E-state index in [0.717, 1.165) is 86.7 Å². The molecule has 36 heavy (non-hydrogen) atoms. The van der Waals surface area contributed by atoms with E-state index in [-0.39, 0.29) is 6.04 Å². The third kappa shape index (κ3) is 4.36. The summed E-state index contributed by atoms with van der Waals surface area (Å²) in [7, 11) is 2.20. The Morgan fingerprint density at radius 2 is 1.81 bits per heavy atom. The van der Waals surface area contributed by atoms with E-state index in [1.807, 2.05) is 9.20 Å². The van der Waals surface area contributed by atoms with Crippen LogP contribution in [0, 0.1) is 0 Å². The molecule has 188 valence electrons. The van der Waals surface area contributed by atoms with Crippen molar-refractivity contribution in [1.82, 2.24) is 34.5 Å². The van der Waals surface area contributed by atoms with Crippen molar-refractivity contribution in [2.45, 2.75) is 44.3 Å². The molecule has 0 bridgehead atoms. The molecule has 2 aliphatic rings. The lowest BCUT2D eigenvalue weighted by Gasteiger charge is -2.31. The van der Waals surface area contributed by atoms with Crippen LogP contribution in [0.5, 0.6) is 0 Å². The molecular formula is C26H32N8O2. The summed E-state index contributed by atoms with van der Waals surface area (Å²) >= 11 is 0. The van der Waals surface area contributed by atoms with Gasteiger partial charge < -0.3 is 15.2 Å². The lowest BCUT2D eigenvalue weighted by atomic mass is 10.0. The van der Waals surface area contributed by atoms with Gasteiger partial charge in [-0.2, -0.15) is 5.10 Å². The summed E-state index contributed by atoms with van der Waals surface area (Å²) in [6, 6.07) is 11.6. The normalized spacial score (nSPS) is 17.8. The molecule has 0 saturated carbocycles. The number of hydrogen-bond acceptors (Lipinski definition) is 8. The highest BCUT2D eigenvalue weighted by molar-refractivity contribution is 5.90. The highest BCUT2D eigenvalue weighted by Crippen LogP contribution is 2.36. The summed E-state index contributed by atoms with van der Waals surface area (Å²) in [5, 5.41) is 13.3. The molecule has 0 atom stereocenters. The van der Waals surface area contributed by atoms with E-state index in [1.165, 1.54) is 11.9 Å². The van der Waals surface area contributed by atoms with Gasteiger partial charge in [-0.1, -0.05) is 23.4 Å². The third-order valence-corrected chi connectivity index (χ3v) is 7.44. The predicted molar refractivity (Wildman–Crippen MR) is 136 cm³/mol. The maximum atomic E-state index is 6.40. The summed E-state index contributed by atoms with van der Waals surface area (Å²) in [4.78, 5) is 6.73. The van der Waals surface area contributed by atoms with Crippen LogP contribution < -0.4 is 5.73 Å². The Kier molecular flexibility index (Phi) is 6.39. The van der Waals surface area contributed by atoms with E-state index in [0.29, 0.717) is 11.9 Å². The van der Waals surface area contributed by atoms with Gasteiger partial charge in [0.05, 0.1) is 23.6 Å². The van der Waals surface area contributed by atoms with Gasteiger partial charge in [0, 0.05) is 50.1 Å². The van der Waals surface area contributed by atoms with Gasteiger partial charge in [-0.05, 0) is 50.4 Å². The Morgan fingerprint density at radius 1 is 1.03 bits per heavy atom. The van der Waals surface area contributed by atoms with Crippen LogP contribution >= 0.6 is 0 Å². The van der Waals surface area contributed by atoms with Crippen molar-refractivity contribution < 1.29 is 9.47 Å². The molecule has 0 aliphatic carbocycles. The largest absolute Gasteiger partial charge is 0.382 e. The van der Waals surface area contributed by atoms with Crippen LogP contribution in [0.15, 0.2) is 42.9 Å². The number of nitrogens with zero attached hydrogens (tertiary/aromatic N) is 7. The maximum absolute atomic E-state index is 6.40. The molecule has 1 aromatic carbocycles. The monoisotopic (exact) mass is 488 g/mol. The lowest BCUT2D eigenvalue weighted by molar-refractivity contribution is 0.0407. The number of rotatable bonds is 6. The molecule has 2 fully saturated rings. The fraction of sp³-hybridized carbons (Fsp3) is 0.462. The smallest absolute Gasteiger partial charge is 0.152 e. The van der Waals surface area contributed by atoms with Crippen molar-refractivity contribution in [3.05, 3.63) is 48.4 Å². The van der Waals surface area contributed by atoms with Gasteiger partial charge in [-0.15, -0.1) is 5.10 Å². The second-order valence-corrected chi connectivity index (χ2v) is 9.72. The Hall–Kier alpha value is -3.34. The number of fused-ring (bicyclic) bond motifs is 1. The van der Waals surface area contributed by atoms with Gasteiger partial charge in [0.2, 0.25) is 0 Å². The van der Waals surface area contributed by atoms with Crippen molar-refractivity contribution >= 4 is 11.3 Å². The molecule has 10 nitrogen and oxygen atoms in total. The van der Waals surface area contributed by atoms with E-state index in [9.17, 15) is 0 Å². The van der Waals surface area contributed by atoms with Crippen molar-refractivity contribution in [1.29, 1.82) is 0 Å². The molecule has 2 N–H and O–H groups in total. The van der Waals surface area contributed by atoms with E-state index in [2.05, 4.69) is 62.7 Å². The molecule has 6 rings (SSSR count). The first-order valence-electron chi connectivity index (χ1n) is 12.7. The topological polar surface area (TPSA) is 109 Å². The molecule has 0 radical (unpaired) electrons. The summed E-state index contributed by atoms with van der Waals surface area (Å²) in [5.41, 5.74) is 12.3. The molecule has 0 unspecified atom stereocenters. The first-order chi connectivity index (χ1) is 17.7. The molecule has 3 aromatic heterocycles. The van der Waals surface area contributed by atoms with E-state index in [4.69, 9.17) is 15.2 Å². The van der Waals surface area contributed by atoms with Crippen LogP contribution in [0.3, 0.4) is 0 Å². The number of nitrogen functional groups attached to an aromatic ring is 1. The molecule has 0 spiro atoms. The number of hydrogen-bond donors (Lipinski definition) is 1. The SMILES string of the molecule is CN(Cc1cccc(-c2cc(-c3cnnn3C3CCOCC3)c3c(N)ncnn23)c1)C1CCOCC1. The zero-order valence-corrected chi connectivity index (χ0v) is 20.6. The minimum Gasteiger partial charge on any atom is -0.382 e. The Balaban J connectivity index is 1.38. The van der Waals surface area contributed by atoms with Crippen molar-refractivity contribution in [2.24, 2.45) is 0 Å². The molecule has 5 heterocycles. The van der Waals surface area contributed by atoms with Crippen LogP contribution in [0.2, 0.25) is 0 Å². The average Bonchev–Trinajstić information content (AvgIpc) is 3.56. The summed E-state index contributed by atoms with van der Waals surface area (Å²) < 4.78 is 15.0. The summed E-state index contributed by atoms with van der Waals surface area (Å²) in [6.07, 6.45) is 7.28. The Labute approximate surface area is 210 Å². The summed E-state index contributed by atoms with van der Waals surface area (Å²) in [5.74, 6) is 0.432. The zero-order valence-electron chi connectivity index (χ0n) is 20.6.